The molecule has 0 unspecified atom stereocenters. The van der Waals surface area contributed by atoms with E-state index in [1.807, 2.05) is 146 Å². The zero-order chi connectivity index (χ0) is 39.1. The van der Waals surface area contributed by atoms with Gasteiger partial charge in [-0.25, -0.2) is 8.42 Å². The summed E-state index contributed by atoms with van der Waals surface area (Å²) in [5.41, 5.74) is 36.4. The first kappa shape index (κ1) is 34.4. The summed E-state index contributed by atoms with van der Waals surface area (Å²) in [7, 11) is -4.21. The number of nitrogen functional groups attached to an aromatic ring is 4. The minimum absolute atomic E-state index is 0.239. The highest BCUT2D eigenvalue weighted by Crippen LogP contribution is 2.61. The molecule has 0 atom stereocenters. The Morgan fingerprint density at radius 1 is 0.316 bits per heavy atom. The van der Waals surface area contributed by atoms with E-state index >= 15 is 8.42 Å². The Balaban J connectivity index is 1.28. The first-order chi connectivity index (χ1) is 27.7. The molecule has 8 N–H and O–H groups in total. The highest BCUT2D eigenvalue weighted by molar-refractivity contribution is 7.91. The molecule has 0 saturated carbocycles. The van der Waals surface area contributed by atoms with E-state index in [0.29, 0.717) is 33.9 Å². The van der Waals surface area contributed by atoms with E-state index in [1.54, 1.807) is 12.1 Å². The van der Waals surface area contributed by atoms with E-state index < -0.39 is 20.7 Å². The van der Waals surface area contributed by atoms with Crippen molar-refractivity contribution in [1.82, 2.24) is 0 Å². The largest absolute Gasteiger partial charge is 0.399 e. The summed E-state index contributed by atoms with van der Waals surface area (Å²) in [6.45, 7) is 0. The van der Waals surface area contributed by atoms with E-state index in [1.165, 1.54) is 0 Å². The van der Waals surface area contributed by atoms with Gasteiger partial charge >= 0.3 is 0 Å². The van der Waals surface area contributed by atoms with Gasteiger partial charge < -0.3 is 22.9 Å². The van der Waals surface area contributed by atoms with Gasteiger partial charge in [0.1, 0.15) is 0 Å². The minimum Gasteiger partial charge on any atom is -0.399 e. The maximum absolute atomic E-state index is 15.9. The summed E-state index contributed by atoms with van der Waals surface area (Å²) in [4.78, 5) is 0.479. The van der Waals surface area contributed by atoms with Gasteiger partial charge in [-0.15, -0.1) is 0 Å². The van der Waals surface area contributed by atoms with E-state index in [0.717, 1.165) is 55.6 Å². The molecule has 276 valence electrons. The van der Waals surface area contributed by atoms with Crippen molar-refractivity contribution in [3.63, 3.8) is 0 Å². The molecule has 6 nitrogen and oxygen atoms in total. The second-order valence-corrected chi connectivity index (χ2v) is 16.8. The summed E-state index contributed by atoms with van der Waals surface area (Å²) < 4.78 is 31.7. The van der Waals surface area contributed by atoms with Crippen LogP contribution < -0.4 is 22.9 Å². The number of fused-ring (bicyclic) bond motifs is 6. The monoisotopic (exact) mass is 758 g/mol. The summed E-state index contributed by atoms with van der Waals surface area (Å²) in [5.74, 6) is 0. The standard InChI is InChI=1S/C50H38N4O2S/c51-35-23-15-31(16-24-35)49(32-17-25-36(52)26-18-32)41-9-3-1-7-39(41)47-43(49)11-5-13-45(47)57(55,56)46-14-6-12-44-48(46)40-8-2-4-10-42(40)50(44,33-19-27-37(53)28-20-33)34-21-29-38(54)30-22-34/h1-30H,51-54H2. The number of hydrogen-bond acceptors (Lipinski definition) is 6. The highest BCUT2D eigenvalue weighted by atomic mass is 32.2. The molecule has 57 heavy (non-hydrogen) atoms. The summed E-state index contributed by atoms with van der Waals surface area (Å²) in [5, 5.41) is 0. The molecule has 0 heterocycles. The van der Waals surface area contributed by atoms with Crippen LogP contribution in [0.5, 0.6) is 0 Å². The molecule has 0 saturated heterocycles. The zero-order valence-corrected chi connectivity index (χ0v) is 31.7. The van der Waals surface area contributed by atoms with Gasteiger partial charge in [-0.05, 0) is 116 Å². The first-order valence-corrected chi connectivity index (χ1v) is 20.3. The third-order valence-electron chi connectivity index (χ3n) is 12.0. The minimum atomic E-state index is -4.21. The van der Waals surface area contributed by atoms with E-state index in [4.69, 9.17) is 22.9 Å². The second-order valence-electron chi connectivity index (χ2n) is 14.9. The quantitative estimate of drug-likeness (QED) is 0.125. The summed E-state index contributed by atoms with van der Waals surface area (Å²) in [6, 6.07) is 59.0. The SMILES string of the molecule is Nc1ccc(C2(c3ccc(N)cc3)c3ccccc3-c3c2cccc3S(=O)(=O)c2cccc3c2-c2ccccc2C3(c2ccc(N)cc2)c2ccc(N)cc2)cc1. The zero-order valence-electron chi connectivity index (χ0n) is 30.9. The van der Waals surface area contributed by atoms with E-state index in [2.05, 4.69) is 24.3 Å². The number of nitrogens with two attached hydrogens (primary N) is 4. The summed E-state index contributed by atoms with van der Waals surface area (Å²) >= 11 is 0. The lowest BCUT2D eigenvalue weighted by molar-refractivity contribution is 0.596. The Hall–Kier alpha value is -7.09. The molecule has 0 aromatic heterocycles. The van der Waals surface area contributed by atoms with E-state index in [9.17, 15) is 0 Å². The Morgan fingerprint density at radius 3 is 0.912 bits per heavy atom. The van der Waals surface area contributed by atoms with Crippen LogP contribution in [0.2, 0.25) is 0 Å². The van der Waals surface area contributed by atoms with Crippen LogP contribution in [-0.4, -0.2) is 8.42 Å². The molecule has 7 heteroatoms. The van der Waals surface area contributed by atoms with Crippen LogP contribution in [0, 0.1) is 0 Å². The smallest absolute Gasteiger partial charge is 0.207 e. The number of benzene rings is 8. The predicted molar refractivity (Wildman–Crippen MR) is 231 cm³/mol. The van der Waals surface area contributed by atoms with Crippen LogP contribution in [0.1, 0.15) is 44.5 Å². The number of sulfone groups is 1. The van der Waals surface area contributed by atoms with Crippen LogP contribution in [0.25, 0.3) is 22.3 Å². The maximum atomic E-state index is 15.9. The Kier molecular flexibility index (Phi) is 7.52. The fourth-order valence-corrected chi connectivity index (χ4v) is 11.4. The molecule has 2 aliphatic carbocycles. The maximum Gasteiger partial charge on any atom is 0.207 e. The molecule has 0 spiro atoms. The van der Waals surface area contributed by atoms with Gasteiger partial charge in [0.25, 0.3) is 0 Å². The Labute approximate surface area is 332 Å². The lowest BCUT2D eigenvalue weighted by Gasteiger charge is -2.34. The molecule has 0 amide bonds. The summed E-state index contributed by atoms with van der Waals surface area (Å²) in [6.07, 6.45) is 0. The molecule has 2 aliphatic rings. The van der Waals surface area contributed by atoms with Crippen molar-refractivity contribution >= 4 is 32.6 Å². The van der Waals surface area contributed by atoms with Crippen LogP contribution in [0.3, 0.4) is 0 Å². The second kappa shape index (κ2) is 12.5. The lowest BCUT2D eigenvalue weighted by Crippen LogP contribution is -2.29. The average Bonchev–Trinajstić information content (AvgIpc) is 3.71. The van der Waals surface area contributed by atoms with Crippen LogP contribution in [0.4, 0.5) is 22.7 Å². The van der Waals surface area contributed by atoms with Crippen LogP contribution in [-0.2, 0) is 20.7 Å². The van der Waals surface area contributed by atoms with Gasteiger partial charge in [-0.3, -0.25) is 0 Å². The van der Waals surface area contributed by atoms with Crippen molar-refractivity contribution in [3.8, 4) is 22.3 Å². The normalized spacial score (nSPS) is 14.3. The Morgan fingerprint density at radius 2 is 0.596 bits per heavy atom. The van der Waals surface area contributed by atoms with Crippen molar-refractivity contribution in [2.24, 2.45) is 0 Å². The predicted octanol–water partition coefficient (Wildman–Crippen LogP) is 9.57. The molecular formula is C50H38N4O2S. The number of anilines is 4. The molecule has 8 aromatic rings. The first-order valence-electron chi connectivity index (χ1n) is 18.8. The van der Waals surface area contributed by atoms with Crippen molar-refractivity contribution in [2.75, 3.05) is 22.9 Å². The van der Waals surface area contributed by atoms with Crippen LogP contribution >= 0.6 is 0 Å². The van der Waals surface area contributed by atoms with Crippen LogP contribution in [0.15, 0.2) is 192 Å². The number of hydrogen-bond donors (Lipinski definition) is 4. The van der Waals surface area contributed by atoms with Gasteiger partial charge in [0.05, 0.1) is 20.6 Å². The van der Waals surface area contributed by atoms with Gasteiger partial charge in [0, 0.05) is 33.9 Å². The topological polar surface area (TPSA) is 138 Å². The van der Waals surface area contributed by atoms with Gasteiger partial charge in [-0.1, -0.05) is 121 Å². The molecule has 8 aromatic carbocycles. The van der Waals surface area contributed by atoms with Crippen molar-refractivity contribution in [3.05, 3.63) is 226 Å². The van der Waals surface area contributed by atoms with E-state index in [-0.39, 0.29) is 9.79 Å². The molecule has 10 rings (SSSR count). The highest BCUT2D eigenvalue weighted by Gasteiger charge is 2.50. The molecular weight excluding hydrogens is 721 g/mol. The third kappa shape index (κ3) is 4.73. The fourth-order valence-electron chi connectivity index (χ4n) is 9.67. The Bertz CT molecular complexity index is 2700. The van der Waals surface area contributed by atoms with Crippen molar-refractivity contribution < 1.29 is 8.42 Å². The molecule has 0 fully saturated rings. The average molecular weight is 759 g/mol. The third-order valence-corrected chi connectivity index (χ3v) is 13.9. The molecule has 0 radical (unpaired) electrons. The van der Waals surface area contributed by atoms with Crippen molar-refractivity contribution in [2.45, 2.75) is 20.6 Å². The molecule has 0 bridgehead atoms. The van der Waals surface area contributed by atoms with Gasteiger partial charge in [0.15, 0.2) is 0 Å². The molecule has 0 aliphatic heterocycles. The van der Waals surface area contributed by atoms with Gasteiger partial charge in [0.2, 0.25) is 9.84 Å². The van der Waals surface area contributed by atoms with Gasteiger partial charge in [-0.2, -0.15) is 0 Å². The lowest BCUT2D eigenvalue weighted by atomic mass is 9.67. The number of rotatable bonds is 6. The van der Waals surface area contributed by atoms with Crippen molar-refractivity contribution in [1.29, 1.82) is 0 Å². The fraction of sp³-hybridized carbons (Fsp3) is 0.0400.